The van der Waals surface area contributed by atoms with Crippen molar-refractivity contribution in [1.82, 2.24) is 0 Å². The topological polar surface area (TPSA) is 189 Å². The van der Waals surface area contributed by atoms with Gasteiger partial charge in [0.15, 0.2) is 0 Å². The maximum absolute atomic E-state index is 0. The molecule has 0 aromatic carbocycles. The molecule has 0 rings (SSSR count). The van der Waals surface area contributed by atoms with Crippen LogP contribution in [0.4, 0.5) is 0 Å². The normalized spacial score (nSPS) is 0. The van der Waals surface area contributed by atoms with Crippen LogP contribution in [0.2, 0.25) is 0 Å². The van der Waals surface area contributed by atoms with Gasteiger partial charge in [-0.15, -0.1) is 24.0 Å². The summed E-state index contributed by atoms with van der Waals surface area (Å²) in [4.78, 5) is 0. The Kier molecular flexibility index (Phi) is 3370. The zero-order valence-corrected chi connectivity index (χ0v) is 5.74. The Balaban J connectivity index is 0. The first kappa shape index (κ1) is 194. The molecule has 0 heterocycles. The second-order valence-electron chi connectivity index (χ2n) is 0. The average Bonchev–Trinajstić information content (AvgIpc) is 0. The summed E-state index contributed by atoms with van der Waals surface area (Å²) in [6.45, 7) is 0. The van der Waals surface area contributed by atoms with E-state index >= 15 is 0 Å². The van der Waals surface area contributed by atoms with Gasteiger partial charge in [0.2, 0.25) is 0 Å². The third kappa shape index (κ3) is 94.6. The SMILES string of the molecule is I.O.O.O.O.O.O.[BaH2]. The molecule has 8 heavy (non-hydrogen) atoms. The maximum atomic E-state index is 0. The van der Waals surface area contributed by atoms with Gasteiger partial charge in [-0.25, -0.2) is 0 Å². The average molecular weight is 375 g/mol. The summed E-state index contributed by atoms with van der Waals surface area (Å²) in [6.07, 6.45) is 0. The van der Waals surface area contributed by atoms with Gasteiger partial charge in [0.05, 0.1) is 0 Å². The molecule has 0 aromatic heterocycles. The van der Waals surface area contributed by atoms with E-state index < -0.39 is 0 Å². The summed E-state index contributed by atoms with van der Waals surface area (Å²) in [7, 11) is 0. The zero-order valence-electron chi connectivity index (χ0n) is 3.41. The fourth-order valence-electron chi connectivity index (χ4n) is 0. The van der Waals surface area contributed by atoms with E-state index in [2.05, 4.69) is 0 Å². The third-order valence-corrected chi connectivity index (χ3v) is 0. The summed E-state index contributed by atoms with van der Waals surface area (Å²) in [5.41, 5.74) is 0. The molecule has 0 aliphatic rings. The molecule has 0 aliphatic heterocycles. The molecule has 0 atom stereocenters. The number of rotatable bonds is 0. The fraction of sp³-hybridized carbons (Fsp3) is 0. The summed E-state index contributed by atoms with van der Waals surface area (Å²) in [5.74, 6) is 0. The fourth-order valence-corrected chi connectivity index (χ4v) is 0. The van der Waals surface area contributed by atoms with Crippen molar-refractivity contribution in [3.63, 3.8) is 0 Å². The number of hydrogen-bond acceptors (Lipinski definition) is 0. The van der Waals surface area contributed by atoms with Crippen molar-refractivity contribution in [2.24, 2.45) is 0 Å². The molecule has 0 aliphatic carbocycles. The molecule has 0 unspecified atom stereocenters. The monoisotopic (exact) mass is 376 g/mol. The van der Waals surface area contributed by atoms with Crippen LogP contribution in [0.15, 0.2) is 0 Å². The predicted molar refractivity (Wildman–Crippen MR) is 45.6 cm³/mol. The quantitative estimate of drug-likeness (QED) is 0.289. The molecule has 0 bridgehead atoms. The van der Waals surface area contributed by atoms with E-state index in [9.17, 15) is 0 Å². The van der Waals surface area contributed by atoms with Gasteiger partial charge >= 0.3 is 48.9 Å². The Morgan fingerprint density at radius 2 is 0.375 bits per heavy atom. The molecular formula is H15BaIO6. The van der Waals surface area contributed by atoms with Crippen molar-refractivity contribution < 1.29 is 32.9 Å². The van der Waals surface area contributed by atoms with Gasteiger partial charge in [0, 0.05) is 0 Å². The molecule has 0 saturated heterocycles. The van der Waals surface area contributed by atoms with E-state index in [4.69, 9.17) is 0 Å². The Bertz CT molecular complexity index is 8.49. The first-order valence-corrected chi connectivity index (χ1v) is 0. The third-order valence-electron chi connectivity index (χ3n) is 0. The van der Waals surface area contributed by atoms with Gasteiger partial charge < -0.3 is 32.9 Å². The van der Waals surface area contributed by atoms with Crippen LogP contribution in [0.1, 0.15) is 0 Å². The molecule has 60 valence electrons. The van der Waals surface area contributed by atoms with Crippen molar-refractivity contribution in [3.05, 3.63) is 0 Å². The van der Waals surface area contributed by atoms with Crippen molar-refractivity contribution >= 4 is 72.9 Å². The van der Waals surface area contributed by atoms with E-state index in [0.29, 0.717) is 0 Å². The van der Waals surface area contributed by atoms with Crippen LogP contribution in [-0.2, 0) is 0 Å². The molecule has 0 amide bonds. The molecule has 0 radical (unpaired) electrons. The summed E-state index contributed by atoms with van der Waals surface area (Å²) < 4.78 is 0. The van der Waals surface area contributed by atoms with Crippen LogP contribution >= 0.6 is 24.0 Å². The van der Waals surface area contributed by atoms with Crippen LogP contribution in [0.25, 0.3) is 0 Å². The van der Waals surface area contributed by atoms with Crippen molar-refractivity contribution in [2.45, 2.75) is 0 Å². The minimum absolute atomic E-state index is 0. The first-order chi connectivity index (χ1) is 0. The van der Waals surface area contributed by atoms with Gasteiger partial charge in [-0.3, -0.25) is 0 Å². The molecule has 6 nitrogen and oxygen atoms in total. The van der Waals surface area contributed by atoms with Crippen molar-refractivity contribution in [1.29, 1.82) is 0 Å². The van der Waals surface area contributed by atoms with E-state index in [1.54, 1.807) is 0 Å². The predicted octanol–water partition coefficient (Wildman–Crippen LogP) is -5.25. The molecule has 0 spiro atoms. The van der Waals surface area contributed by atoms with E-state index in [1.165, 1.54) is 0 Å². The van der Waals surface area contributed by atoms with Gasteiger partial charge in [0.25, 0.3) is 0 Å². The Labute approximate surface area is 104 Å². The summed E-state index contributed by atoms with van der Waals surface area (Å²) in [6, 6.07) is 0. The molecular weight excluding hydrogens is 360 g/mol. The molecule has 0 fully saturated rings. The van der Waals surface area contributed by atoms with Crippen molar-refractivity contribution in [3.8, 4) is 0 Å². The Hall–Kier alpha value is 2.06. The summed E-state index contributed by atoms with van der Waals surface area (Å²) in [5, 5.41) is 0. The second-order valence-corrected chi connectivity index (χ2v) is 0. The van der Waals surface area contributed by atoms with Gasteiger partial charge in [0.1, 0.15) is 0 Å². The number of hydrogen-bond donors (Lipinski definition) is 0. The molecule has 12 N–H and O–H groups in total. The van der Waals surface area contributed by atoms with Gasteiger partial charge in [-0.2, -0.15) is 0 Å². The van der Waals surface area contributed by atoms with E-state index in [-0.39, 0.29) is 106 Å². The Morgan fingerprint density at radius 3 is 0.375 bits per heavy atom. The van der Waals surface area contributed by atoms with E-state index in [1.807, 2.05) is 0 Å². The first-order valence-electron chi connectivity index (χ1n) is 0. The Morgan fingerprint density at radius 1 is 0.375 bits per heavy atom. The minimum atomic E-state index is 0. The van der Waals surface area contributed by atoms with Gasteiger partial charge in [-0.05, 0) is 0 Å². The summed E-state index contributed by atoms with van der Waals surface area (Å²) >= 11 is 0. The van der Waals surface area contributed by atoms with Crippen LogP contribution < -0.4 is 0 Å². The zero-order chi connectivity index (χ0) is 0. The standard InChI is InChI=1S/Ba.HI.6H2O.2H/h;1H;6*1H2;;. The molecule has 8 heteroatoms. The number of halogens is 1. The van der Waals surface area contributed by atoms with Crippen LogP contribution in [0.5, 0.6) is 0 Å². The van der Waals surface area contributed by atoms with E-state index in [0.717, 1.165) is 0 Å². The molecule has 0 aromatic rings. The second kappa shape index (κ2) is 139. The van der Waals surface area contributed by atoms with Crippen LogP contribution in [0.3, 0.4) is 0 Å². The molecule has 0 saturated carbocycles. The van der Waals surface area contributed by atoms with Crippen LogP contribution in [-0.4, -0.2) is 81.7 Å². The van der Waals surface area contributed by atoms with Crippen LogP contribution in [0, 0.1) is 0 Å². The van der Waals surface area contributed by atoms with Gasteiger partial charge in [-0.1, -0.05) is 0 Å². The van der Waals surface area contributed by atoms with Crippen molar-refractivity contribution in [2.75, 3.05) is 0 Å².